The van der Waals surface area contributed by atoms with E-state index in [1.165, 1.54) is 22.3 Å². The SMILES string of the molecule is COc1ccc(CCBr)cc1Cc1cc(CCBr)ccc1OC. The largest absolute Gasteiger partial charge is 0.496 e. The first-order chi connectivity index (χ1) is 11.2. The highest BCUT2D eigenvalue weighted by Crippen LogP contribution is 2.28. The number of ether oxygens (including phenoxy) is 2. The number of hydrogen-bond acceptors (Lipinski definition) is 2. The molecule has 4 heteroatoms. The molecule has 2 rings (SSSR count). The zero-order valence-corrected chi connectivity index (χ0v) is 16.7. The minimum atomic E-state index is 0.804. The number of rotatable bonds is 8. The van der Waals surface area contributed by atoms with Crippen molar-refractivity contribution in [2.24, 2.45) is 0 Å². The highest BCUT2D eigenvalue weighted by atomic mass is 79.9. The molecule has 0 amide bonds. The van der Waals surface area contributed by atoms with Gasteiger partial charge < -0.3 is 9.47 Å². The van der Waals surface area contributed by atoms with Crippen molar-refractivity contribution in [2.75, 3.05) is 24.9 Å². The lowest BCUT2D eigenvalue weighted by molar-refractivity contribution is 0.405. The van der Waals surface area contributed by atoms with Crippen LogP contribution in [0.3, 0.4) is 0 Å². The summed E-state index contributed by atoms with van der Waals surface area (Å²) in [5, 5.41) is 1.92. The third kappa shape index (κ3) is 4.98. The van der Waals surface area contributed by atoms with Crippen LogP contribution in [-0.4, -0.2) is 24.9 Å². The maximum Gasteiger partial charge on any atom is 0.122 e. The van der Waals surface area contributed by atoms with Gasteiger partial charge in [0.15, 0.2) is 0 Å². The van der Waals surface area contributed by atoms with Gasteiger partial charge in [-0.2, -0.15) is 0 Å². The van der Waals surface area contributed by atoms with E-state index < -0.39 is 0 Å². The summed E-state index contributed by atoms with van der Waals surface area (Å²) in [6.45, 7) is 0. The van der Waals surface area contributed by atoms with Crippen LogP contribution in [0.2, 0.25) is 0 Å². The fourth-order valence-corrected chi connectivity index (χ4v) is 3.59. The van der Waals surface area contributed by atoms with Crippen molar-refractivity contribution in [3.63, 3.8) is 0 Å². The van der Waals surface area contributed by atoms with Gasteiger partial charge in [-0.25, -0.2) is 0 Å². The molecule has 0 spiro atoms. The van der Waals surface area contributed by atoms with Crippen LogP contribution in [-0.2, 0) is 19.3 Å². The number of halogens is 2. The molecule has 0 N–H and O–H groups in total. The second-order valence-corrected chi connectivity index (χ2v) is 6.93. The molecule has 2 nitrogen and oxygen atoms in total. The van der Waals surface area contributed by atoms with E-state index in [1.807, 2.05) is 0 Å². The predicted molar refractivity (Wildman–Crippen MR) is 104 cm³/mol. The molecule has 0 aliphatic heterocycles. The molecular formula is C19H22Br2O2. The van der Waals surface area contributed by atoms with Crippen LogP contribution < -0.4 is 9.47 Å². The molecule has 0 aromatic heterocycles. The maximum atomic E-state index is 5.54. The van der Waals surface area contributed by atoms with E-state index in [0.717, 1.165) is 41.4 Å². The minimum Gasteiger partial charge on any atom is -0.496 e. The first-order valence-electron chi connectivity index (χ1n) is 7.65. The fourth-order valence-electron chi connectivity index (χ4n) is 2.67. The summed E-state index contributed by atoms with van der Waals surface area (Å²) in [6, 6.07) is 12.8. The van der Waals surface area contributed by atoms with Crippen molar-refractivity contribution in [3.05, 3.63) is 58.7 Å². The van der Waals surface area contributed by atoms with Crippen LogP contribution in [0.1, 0.15) is 22.3 Å². The Bertz CT molecular complexity index is 586. The second-order valence-electron chi connectivity index (χ2n) is 5.35. The van der Waals surface area contributed by atoms with Crippen molar-refractivity contribution < 1.29 is 9.47 Å². The van der Waals surface area contributed by atoms with Crippen molar-refractivity contribution >= 4 is 31.9 Å². The number of aryl methyl sites for hydroxylation is 2. The number of hydrogen-bond donors (Lipinski definition) is 0. The van der Waals surface area contributed by atoms with Crippen LogP contribution in [0, 0.1) is 0 Å². The number of methoxy groups -OCH3 is 2. The normalized spacial score (nSPS) is 10.6. The third-order valence-electron chi connectivity index (χ3n) is 3.84. The zero-order chi connectivity index (χ0) is 16.7. The Balaban J connectivity index is 2.36. The van der Waals surface area contributed by atoms with E-state index in [2.05, 4.69) is 68.3 Å². The molecule has 0 atom stereocenters. The minimum absolute atomic E-state index is 0.804. The molecule has 0 saturated carbocycles. The van der Waals surface area contributed by atoms with E-state index in [1.54, 1.807) is 14.2 Å². The van der Waals surface area contributed by atoms with Crippen LogP contribution in [0.15, 0.2) is 36.4 Å². The Morgan fingerprint density at radius 3 is 1.52 bits per heavy atom. The third-order valence-corrected chi connectivity index (χ3v) is 4.63. The van der Waals surface area contributed by atoms with Gasteiger partial charge in [-0.1, -0.05) is 56.1 Å². The summed E-state index contributed by atoms with van der Waals surface area (Å²) in [4.78, 5) is 0. The molecule has 2 aromatic rings. The zero-order valence-electron chi connectivity index (χ0n) is 13.6. The molecule has 124 valence electrons. The fraction of sp³-hybridized carbons (Fsp3) is 0.368. The maximum absolute atomic E-state index is 5.54. The van der Waals surface area contributed by atoms with Crippen LogP contribution in [0.4, 0.5) is 0 Å². The smallest absolute Gasteiger partial charge is 0.122 e. The lowest BCUT2D eigenvalue weighted by Gasteiger charge is -2.14. The average molecular weight is 442 g/mol. The van der Waals surface area contributed by atoms with Crippen LogP contribution in [0.25, 0.3) is 0 Å². The van der Waals surface area contributed by atoms with Crippen molar-refractivity contribution in [1.82, 2.24) is 0 Å². The van der Waals surface area contributed by atoms with E-state index >= 15 is 0 Å². The summed E-state index contributed by atoms with van der Waals surface area (Å²) >= 11 is 7.01. The monoisotopic (exact) mass is 440 g/mol. The predicted octanol–water partition coefficient (Wildman–Crippen LogP) is 5.17. The van der Waals surface area contributed by atoms with Crippen molar-refractivity contribution in [3.8, 4) is 11.5 Å². The highest BCUT2D eigenvalue weighted by molar-refractivity contribution is 9.09. The molecular weight excluding hydrogens is 420 g/mol. The van der Waals surface area contributed by atoms with E-state index in [9.17, 15) is 0 Å². The van der Waals surface area contributed by atoms with Gasteiger partial charge in [0.05, 0.1) is 14.2 Å². The van der Waals surface area contributed by atoms with Gasteiger partial charge in [0.25, 0.3) is 0 Å². The Kier molecular flexibility index (Phi) is 7.44. The standard InChI is InChI=1S/C19H22Br2O2/c1-22-18-5-3-14(7-9-20)11-16(18)13-17-12-15(8-10-21)4-6-19(17)23-2/h3-6,11-12H,7-10,13H2,1-2H3. The van der Waals surface area contributed by atoms with Gasteiger partial charge in [0.1, 0.15) is 11.5 Å². The van der Waals surface area contributed by atoms with Gasteiger partial charge in [0, 0.05) is 17.1 Å². The van der Waals surface area contributed by atoms with Crippen molar-refractivity contribution in [2.45, 2.75) is 19.3 Å². The highest BCUT2D eigenvalue weighted by Gasteiger charge is 2.10. The summed E-state index contributed by atoms with van der Waals surface area (Å²) in [7, 11) is 3.45. The Hall–Kier alpha value is -1.00. The molecule has 0 aliphatic carbocycles. The molecule has 0 unspecified atom stereocenters. The first-order valence-corrected chi connectivity index (χ1v) is 9.89. The number of alkyl halides is 2. The summed E-state index contributed by atoms with van der Waals surface area (Å²) in [6.07, 6.45) is 2.83. The average Bonchev–Trinajstić information content (AvgIpc) is 2.56. The first kappa shape index (κ1) is 18.3. The van der Waals surface area contributed by atoms with Crippen LogP contribution >= 0.6 is 31.9 Å². The van der Waals surface area contributed by atoms with Gasteiger partial charge in [0.2, 0.25) is 0 Å². The second kappa shape index (κ2) is 9.33. The lowest BCUT2D eigenvalue weighted by Crippen LogP contribution is -2.00. The van der Waals surface area contributed by atoms with Gasteiger partial charge in [-0.3, -0.25) is 0 Å². The molecule has 2 aromatic carbocycles. The van der Waals surface area contributed by atoms with Crippen LogP contribution in [0.5, 0.6) is 11.5 Å². The molecule has 0 aliphatic rings. The lowest BCUT2D eigenvalue weighted by atomic mass is 9.98. The Morgan fingerprint density at radius 1 is 0.739 bits per heavy atom. The van der Waals surface area contributed by atoms with Crippen molar-refractivity contribution in [1.29, 1.82) is 0 Å². The molecule has 0 fully saturated rings. The van der Waals surface area contributed by atoms with Gasteiger partial charge in [-0.05, 0) is 47.2 Å². The number of benzene rings is 2. The van der Waals surface area contributed by atoms with Gasteiger partial charge in [-0.15, -0.1) is 0 Å². The van der Waals surface area contributed by atoms with E-state index in [4.69, 9.17) is 9.47 Å². The molecule has 0 heterocycles. The Labute approximate surface area is 155 Å². The topological polar surface area (TPSA) is 18.5 Å². The quantitative estimate of drug-likeness (QED) is 0.526. The molecule has 23 heavy (non-hydrogen) atoms. The summed E-state index contributed by atoms with van der Waals surface area (Å²) < 4.78 is 11.1. The van der Waals surface area contributed by atoms with Gasteiger partial charge >= 0.3 is 0 Å². The summed E-state index contributed by atoms with van der Waals surface area (Å²) in [5.74, 6) is 1.85. The van der Waals surface area contributed by atoms with E-state index in [-0.39, 0.29) is 0 Å². The Morgan fingerprint density at radius 2 is 1.17 bits per heavy atom. The molecule has 0 bridgehead atoms. The summed E-state index contributed by atoms with van der Waals surface area (Å²) in [5.41, 5.74) is 5.02. The van der Waals surface area contributed by atoms with E-state index in [0.29, 0.717) is 0 Å². The molecule has 0 saturated heterocycles. The molecule has 0 radical (unpaired) electrons.